The largest absolute Gasteiger partial charge is 0.381 e. The predicted octanol–water partition coefficient (Wildman–Crippen LogP) is 3.79. The number of nitrogens with one attached hydrogen (secondary N) is 1. The van der Waals surface area contributed by atoms with Gasteiger partial charge in [0.15, 0.2) is 5.78 Å². The summed E-state index contributed by atoms with van der Waals surface area (Å²) >= 11 is 1.98. The number of carbonyl (C=O) groups is 1. The molecule has 2 aromatic heterocycles. The van der Waals surface area contributed by atoms with Crippen LogP contribution in [0.4, 0.5) is 15.9 Å². The number of aryl methyl sites for hydroxylation is 1. The molecule has 0 spiro atoms. The highest BCUT2D eigenvalue weighted by atomic mass is 127. The van der Waals surface area contributed by atoms with Crippen LogP contribution < -0.4 is 22.1 Å². The van der Waals surface area contributed by atoms with Crippen molar-refractivity contribution in [1.29, 1.82) is 0 Å². The number of hydrogen-bond acceptors (Lipinski definition) is 6. The number of anilines is 2. The zero-order valence-corrected chi connectivity index (χ0v) is 23.7. The summed E-state index contributed by atoms with van der Waals surface area (Å²) in [4.78, 5) is 53.4. The number of rotatable bonds is 6. The molecule has 3 heterocycles. The first-order valence-electron chi connectivity index (χ1n) is 12.4. The maximum Gasteiger partial charge on any atom is 0.335 e. The van der Waals surface area contributed by atoms with E-state index in [0.29, 0.717) is 34.5 Å². The minimum Gasteiger partial charge on any atom is -0.381 e. The first-order valence-corrected chi connectivity index (χ1v) is 13.4. The number of fused-ring (bicyclic) bond motifs is 1. The van der Waals surface area contributed by atoms with Gasteiger partial charge >= 0.3 is 5.69 Å². The van der Waals surface area contributed by atoms with Crippen molar-refractivity contribution in [2.24, 2.45) is 20.0 Å². The summed E-state index contributed by atoms with van der Waals surface area (Å²) in [5.41, 5.74) is -0.726. The zero-order chi connectivity index (χ0) is 28.0. The Morgan fingerprint density at radius 3 is 2.56 bits per heavy atom. The molecule has 5 rings (SSSR count). The number of carbonyl (C=O) groups excluding carboxylic acids is 1. The maximum absolute atomic E-state index is 14.8. The molecule has 4 aromatic rings. The molecule has 1 fully saturated rings. The van der Waals surface area contributed by atoms with Gasteiger partial charge < -0.3 is 10.1 Å². The topological polar surface area (TPSA) is 104 Å². The van der Waals surface area contributed by atoms with Gasteiger partial charge in [0, 0.05) is 48.4 Å². The minimum atomic E-state index is -0.677. The third kappa shape index (κ3) is 4.84. The van der Waals surface area contributed by atoms with Gasteiger partial charge in [0.1, 0.15) is 17.0 Å². The van der Waals surface area contributed by atoms with Gasteiger partial charge in [0.05, 0.1) is 16.9 Å². The van der Waals surface area contributed by atoms with Gasteiger partial charge in [0.25, 0.3) is 11.1 Å². The van der Waals surface area contributed by atoms with Gasteiger partial charge in [0.2, 0.25) is 0 Å². The number of halogens is 2. The fraction of sp³-hybridized carbons (Fsp3) is 0.286. The van der Waals surface area contributed by atoms with Crippen molar-refractivity contribution in [2.75, 3.05) is 18.5 Å². The number of benzene rings is 2. The number of aromatic nitrogens is 3. The van der Waals surface area contributed by atoms with E-state index in [0.717, 1.165) is 11.0 Å². The Balaban J connectivity index is 1.75. The molecule has 0 radical (unpaired) electrons. The lowest BCUT2D eigenvalue weighted by molar-refractivity contribution is 0.0952. The number of pyridine rings is 1. The van der Waals surface area contributed by atoms with Crippen LogP contribution in [0, 0.1) is 22.2 Å². The van der Waals surface area contributed by atoms with Crippen LogP contribution in [0.2, 0.25) is 0 Å². The molecule has 11 heteroatoms. The summed E-state index contributed by atoms with van der Waals surface area (Å²) in [6.45, 7) is 2.70. The zero-order valence-electron chi connectivity index (χ0n) is 21.6. The average molecular weight is 644 g/mol. The van der Waals surface area contributed by atoms with Crippen LogP contribution in [0.15, 0.2) is 56.8 Å². The quantitative estimate of drug-likeness (QED) is 0.253. The molecule has 9 nitrogen and oxygen atoms in total. The molecule has 0 bridgehead atoms. The maximum atomic E-state index is 14.8. The van der Waals surface area contributed by atoms with Gasteiger partial charge in [-0.3, -0.25) is 28.1 Å². The standard InChI is InChI=1S/C28H26FIN4O5/c1-15-24-23(25(32(2)26(15)36)31-21-8-7-18(30)13-20(21)29)27(37)33(3)28(38)34(24)19-6-4-5-17(12-19)22(35)11-16-9-10-39-14-16/h4-8,12-13,16,31H,9-11,14H2,1-3H3. The Hall–Kier alpha value is -3.58. The van der Waals surface area contributed by atoms with Crippen molar-refractivity contribution in [1.82, 2.24) is 13.7 Å². The lowest BCUT2D eigenvalue weighted by atomic mass is 9.97. The van der Waals surface area contributed by atoms with Gasteiger partial charge in [-0.2, -0.15) is 0 Å². The monoisotopic (exact) mass is 644 g/mol. The lowest BCUT2D eigenvalue weighted by Crippen LogP contribution is -2.40. The molecule has 1 aliphatic heterocycles. The van der Waals surface area contributed by atoms with Crippen molar-refractivity contribution in [2.45, 2.75) is 19.8 Å². The highest BCUT2D eigenvalue weighted by Crippen LogP contribution is 2.28. The molecular formula is C28H26FIN4O5. The fourth-order valence-corrected chi connectivity index (χ4v) is 5.40. The van der Waals surface area contributed by atoms with E-state index < -0.39 is 22.6 Å². The predicted molar refractivity (Wildman–Crippen MR) is 155 cm³/mol. The van der Waals surface area contributed by atoms with Crippen molar-refractivity contribution in [3.63, 3.8) is 0 Å². The third-order valence-electron chi connectivity index (χ3n) is 7.12. The molecule has 0 aliphatic carbocycles. The van der Waals surface area contributed by atoms with Crippen LogP contribution in [0.5, 0.6) is 0 Å². The molecule has 202 valence electrons. The molecule has 1 N–H and O–H groups in total. The Morgan fingerprint density at radius 2 is 1.87 bits per heavy atom. The van der Waals surface area contributed by atoms with Crippen LogP contribution in [0.3, 0.4) is 0 Å². The Kier molecular flexibility index (Phi) is 7.29. The van der Waals surface area contributed by atoms with E-state index in [2.05, 4.69) is 5.32 Å². The first-order chi connectivity index (χ1) is 18.6. The van der Waals surface area contributed by atoms with Crippen molar-refractivity contribution < 1.29 is 13.9 Å². The highest BCUT2D eigenvalue weighted by molar-refractivity contribution is 14.1. The smallest absolute Gasteiger partial charge is 0.335 e. The van der Waals surface area contributed by atoms with Crippen molar-refractivity contribution in [3.05, 3.63) is 94.2 Å². The van der Waals surface area contributed by atoms with Gasteiger partial charge in [-0.25, -0.2) is 9.18 Å². The number of ketones is 1. The number of nitrogens with zero attached hydrogens (tertiary/aromatic N) is 3. The van der Waals surface area contributed by atoms with E-state index in [1.54, 1.807) is 30.3 Å². The summed E-state index contributed by atoms with van der Waals surface area (Å²) < 4.78 is 24.3. The summed E-state index contributed by atoms with van der Waals surface area (Å²) in [7, 11) is 2.81. The summed E-state index contributed by atoms with van der Waals surface area (Å²) in [6.07, 6.45) is 1.14. The lowest BCUT2D eigenvalue weighted by Gasteiger charge is -2.20. The molecule has 1 unspecified atom stereocenters. The second kappa shape index (κ2) is 10.5. The summed E-state index contributed by atoms with van der Waals surface area (Å²) in [5.74, 6) is -0.461. The molecule has 0 amide bonds. The fourth-order valence-electron chi connectivity index (χ4n) is 4.95. The Labute approximate surface area is 236 Å². The molecule has 39 heavy (non-hydrogen) atoms. The molecule has 1 atom stereocenters. The Bertz CT molecular complexity index is 1820. The molecule has 0 saturated carbocycles. The van der Waals surface area contributed by atoms with E-state index in [4.69, 9.17) is 4.74 Å². The van der Waals surface area contributed by atoms with E-state index in [1.807, 2.05) is 22.6 Å². The summed E-state index contributed by atoms with van der Waals surface area (Å²) in [6, 6.07) is 11.1. The minimum absolute atomic E-state index is 0.0366. The average Bonchev–Trinajstić information content (AvgIpc) is 3.43. The number of Topliss-reactive ketones (excluding diaryl/α,β-unsaturated/α-hetero) is 1. The summed E-state index contributed by atoms with van der Waals surface area (Å²) in [5, 5.41) is 2.94. The molecule has 2 aromatic carbocycles. The van der Waals surface area contributed by atoms with E-state index >= 15 is 0 Å². The van der Waals surface area contributed by atoms with E-state index in [9.17, 15) is 23.6 Å². The normalized spacial score (nSPS) is 15.2. The van der Waals surface area contributed by atoms with Crippen LogP contribution in [-0.2, 0) is 18.8 Å². The van der Waals surface area contributed by atoms with Crippen LogP contribution in [0.1, 0.15) is 28.8 Å². The second-order valence-electron chi connectivity index (χ2n) is 9.70. The van der Waals surface area contributed by atoms with Gasteiger partial charge in [-0.1, -0.05) is 12.1 Å². The Morgan fingerprint density at radius 1 is 1.10 bits per heavy atom. The molecular weight excluding hydrogens is 618 g/mol. The van der Waals surface area contributed by atoms with E-state index in [-0.39, 0.29) is 39.7 Å². The van der Waals surface area contributed by atoms with Crippen molar-refractivity contribution in [3.8, 4) is 5.69 Å². The molecule has 1 aliphatic rings. The van der Waals surface area contributed by atoms with Crippen LogP contribution in [0.25, 0.3) is 16.6 Å². The SMILES string of the molecule is Cc1c(=O)n(C)c(Nc2ccc(I)cc2F)c2c(=O)n(C)c(=O)n(-c3cccc(C(=O)CC4CCOC4)c3)c12. The first kappa shape index (κ1) is 27.0. The molecule has 1 saturated heterocycles. The second-order valence-corrected chi connectivity index (χ2v) is 10.9. The number of hydrogen-bond donors (Lipinski definition) is 1. The van der Waals surface area contributed by atoms with Gasteiger partial charge in [-0.05, 0) is 72.2 Å². The van der Waals surface area contributed by atoms with Gasteiger partial charge in [-0.15, -0.1) is 0 Å². The van der Waals surface area contributed by atoms with E-state index in [1.165, 1.54) is 42.3 Å². The van der Waals surface area contributed by atoms with Crippen LogP contribution >= 0.6 is 22.6 Å². The van der Waals surface area contributed by atoms with Crippen molar-refractivity contribution >= 4 is 50.8 Å². The number of ether oxygens (including phenoxy) is 1. The highest BCUT2D eigenvalue weighted by Gasteiger charge is 2.24. The van der Waals surface area contributed by atoms with Crippen LogP contribution in [-0.4, -0.2) is 32.7 Å². The third-order valence-corrected chi connectivity index (χ3v) is 7.79.